The van der Waals surface area contributed by atoms with Crippen LogP contribution in [0.25, 0.3) is 0 Å². The van der Waals surface area contributed by atoms with E-state index in [0.29, 0.717) is 0 Å². The van der Waals surface area contributed by atoms with Crippen LogP contribution < -0.4 is 0 Å². The molecular weight excluding hydrogens is 178 g/mol. The zero-order valence-corrected chi connectivity index (χ0v) is 9.89. The van der Waals surface area contributed by atoms with Crippen molar-refractivity contribution in [2.45, 2.75) is 65.0 Å². The highest BCUT2D eigenvalue weighted by molar-refractivity contribution is 5.65. The molecule has 0 aliphatic carbocycles. The third-order valence-electron chi connectivity index (χ3n) is 2.90. The van der Waals surface area contributed by atoms with E-state index in [9.17, 15) is 4.79 Å². The molecule has 0 bridgehead atoms. The summed E-state index contributed by atoms with van der Waals surface area (Å²) in [6.45, 7) is 9.95. The summed E-state index contributed by atoms with van der Waals surface area (Å²) in [7, 11) is 0. The van der Waals surface area contributed by atoms with E-state index < -0.39 is 0 Å². The lowest BCUT2D eigenvalue weighted by atomic mass is 9.82. The van der Waals surface area contributed by atoms with Gasteiger partial charge in [-0.1, -0.05) is 0 Å². The lowest BCUT2D eigenvalue weighted by molar-refractivity contribution is -0.263. The van der Waals surface area contributed by atoms with E-state index >= 15 is 0 Å². The van der Waals surface area contributed by atoms with Crippen molar-refractivity contribution in [2.75, 3.05) is 0 Å². The molecule has 0 aromatic heterocycles. The van der Waals surface area contributed by atoms with Gasteiger partial charge in [0.05, 0.1) is 11.1 Å². The van der Waals surface area contributed by atoms with Crippen molar-refractivity contribution in [1.29, 1.82) is 0 Å². The average molecular weight is 199 g/mol. The maximum atomic E-state index is 11.0. The van der Waals surface area contributed by atoms with Gasteiger partial charge in [-0.15, -0.1) is 5.06 Å². The summed E-state index contributed by atoms with van der Waals surface area (Å²) in [6, 6.07) is 0. The third kappa shape index (κ3) is 2.27. The molecule has 1 fully saturated rings. The van der Waals surface area contributed by atoms with Gasteiger partial charge in [-0.2, -0.15) is 0 Å². The SMILES string of the molecule is CC(=O)ON1C(C)(C)CCCC1(C)C. The van der Waals surface area contributed by atoms with Gasteiger partial charge >= 0.3 is 5.97 Å². The summed E-state index contributed by atoms with van der Waals surface area (Å²) in [5.74, 6) is -0.229. The molecule has 0 radical (unpaired) electrons. The highest BCUT2D eigenvalue weighted by Gasteiger charge is 2.43. The second-order valence-electron chi connectivity index (χ2n) is 5.36. The van der Waals surface area contributed by atoms with Crippen molar-refractivity contribution in [3.8, 4) is 0 Å². The number of hydrogen-bond acceptors (Lipinski definition) is 3. The Balaban J connectivity index is 2.85. The number of nitrogens with zero attached hydrogens (tertiary/aromatic N) is 1. The molecule has 1 saturated heterocycles. The second-order valence-corrected chi connectivity index (χ2v) is 5.36. The van der Waals surface area contributed by atoms with E-state index in [1.807, 2.05) is 5.06 Å². The number of hydroxylamine groups is 2. The van der Waals surface area contributed by atoms with Crippen LogP contribution in [0.15, 0.2) is 0 Å². The first-order chi connectivity index (χ1) is 6.26. The fraction of sp³-hybridized carbons (Fsp3) is 0.909. The number of rotatable bonds is 1. The van der Waals surface area contributed by atoms with Crippen LogP contribution in [-0.2, 0) is 9.63 Å². The Hall–Kier alpha value is -0.570. The average Bonchev–Trinajstić information content (AvgIpc) is 1.96. The van der Waals surface area contributed by atoms with Crippen LogP contribution in [0.3, 0.4) is 0 Å². The molecule has 1 aliphatic rings. The highest BCUT2D eigenvalue weighted by Crippen LogP contribution is 2.38. The summed E-state index contributed by atoms with van der Waals surface area (Å²) in [6.07, 6.45) is 3.34. The van der Waals surface area contributed by atoms with Gasteiger partial charge in [0, 0.05) is 6.92 Å². The number of piperidine rings is 1. The molecule has 0 N–H and O–H groups in total. The maximum absolute atomic E-state index is 11.0. The highest BCUT2D eigenvalue weighted by atomic mass is 16.7. The minimum atomic E-state index is -0.229. The van der Waals surface area contributed by atoms with Gasteiger partial charge < -0.3 is 4.84 Å². The molecule has 1 rings (SSSR count). The first-order valence-corrected chi connectivity index (χ1v) is 5.25. The lowest BCUT2D eigenvalue weighted by Gasteiger charge is -2.50. The van der Waals surface area contributed by atoms with Crippen LogP contribution >= 0.6 is 0 Å². The van der Waals surface area contributed by atoms with Crippen molar-refractivity contribution in [2.24, 2.45) is 0 Å². The van der Waals surface area contributed by atoms with Gasteiger partial charge in [-0.3, -0.25) is 4.79 Å². The minimum absolute atomic E-state index is 0.0482. The fourth-order valence-electron chi connectivity index (χ4n) is 2.35. The molecule has 0 aromatic carbocycles. The summed E-state index contributed by atoms with van der Waals surface area (Å²) in [5, 5.41) is 1.87. The molecule has 0 spiro atoms. The first-order valence-electron chi connectivity index (χ1n) is 5.25. The van der Waals surface area contributed by atoms with Gasteiger partial charge in [0.15, 0.2) is 0 Å². The molecule has 0 saturated carbocycles. The Kier molecular flexibility index (Phi) is 2.91. The quantitative estimate of drug-likeness (QED) is 0.650. The zero-order chi connectivity index (χ0) is 11.0. The summed E-state index contributed by atoms with van der Waals surface area (Å²) >= 11 is 0. The Morgan fingerprint density at radius 3 is 1.93 bits per heavy atom. The molecule has 0 amide bonds. The minimum Gasteiger partial charge on any atom is -0.367 e. The van der Waals surface area contributed by atoms with E-state index in [-0.39, 0.29) is 17.0 Å². The van der Waals surface area contributed by atoms with Gasteiger partial charge in [-0.05, 0) is 47.0 Å². The predicted molar refractivity (Wildman–Crippen MR) is 55.6 cm³/mol. The van der Waals surface area contributed by atoms with Crippen molar-refractivity contribution in [3.63, 3.8) is 0 Å². The van der Waals surface area contributed by atoms with Gasteiger partial charge in [0.2, 0.25) is 0 Å². The van der Waals surface area contributed by atoms with Gasteiger partial charge in [0.25, 0.3) is 0 Å². The van der Waals surface area contributed by atoms with Crippen LogP contribution in [-0.4, -0.2) is 22.1 Å². The monoisotopic (exact) mass is 199 g/mol. The maximum Gasteiger partial charge on any atom is 0.322 e. The van der Waals surface area contributed by atoms with Crippen LogP contribution in [0, 0.1) is 0 Å². The summed E-state index contributed by atoms with van der Waals surface area (Å²) in [4.78, 5) is 16.3. The van der Waals surface area contributed by atoms with Gasteiger partial charge in [0.1, 0.15) is 0 Å². The Morgan fingerprint density at radius 2 is 1.57 bits per heavy atom. The molecule has 3 nitrogen and oxygen atoms in total. The summed E-state index contributed by atoms with van der Waals surface area (Å²) in [5.41, 5.74) is -0.0964. The van der Waals surface area contributed by atoms with Crippen molar-refractivity contribution in [1.82, 2.24) is 5.06 Å². The van der Waals surface area contributed by atoms with Crippen LogP contribution in [0.2, 0.25) is 0 Å². The topological polar surface area (TPSA) is 29.5 Å². The standard InChI is InChI=1S/C11H21NO2/c1-9(13)14-12-10(2,3)7-6-8-11(12,4)5/h6-8H2,1-5H3. The van der Waals surface area contributed by atoms with Crippen molar-refractivity contribution < 1.29 is 9.63 Å². The smallest absolute Gasteiger partial charge is 0.322 e. The van der Waals surface area contributed by atoms with E-state index in [2.05, 4.69) is 27.7 Å². The normalized spacial score (nSPS) is 25.8. The lowest BCUT2D eigenvalue weighted by Crippen LogP contribution is -2.58. The van der Waals surface area contributed by atoms with Crippen LogP contribution in [0.1, 0.15) is 53.9 Å². The zero-order valence-electron chi connectivity index (χ0n) is 9.89. The number of carbonyl (C=O) groups excluding carboxylic acids is 1. The molecule has 1 aliphatic heterocycles. The van der Waals surface area contributed by atoms with E-state index in [4.69, 9.17) is 4.84 Å². The van der Waals surface area contributed by atoms with Crippen LogP contribution in [0.5, 0.6) is 0 Å². The summed E-state index contributed by atoms with van der Waals surface area (Å²) < 4.78 is 0. The Bertz CT molecular complexity index is 217. The van der Waals surface area contributed by atoms with E-state index in [0.717, 1.165) is 12.8 Å². The molecular formula is C11H21NO2. The molecule has 1 heterocycles. The second kappa shape index (κ2) is 3.54. The number of hydrogen-bond donors (Lipinski definition) is 0. The molecule has 0 atom stereocenters. The Morgan fingerprint density at radius 1 is 1.14 bits per heavy atom. The Labute approximate surface area is 86.4 Å². The molecule has 3 heteroatoms. The number of carbonyl (C=O) groups is 1. The molecule has 82 valence electrons. The molecule has 0 aromatic rings. The fourth-order valence-corrected chi connectivity index (χ4v) is 2.35. The van der Waals surface area contributed by atoms with E-state index in [1.165, 1.54) is 13.3 Å². The first kappa shape index (κ1) is 11.5. The van der Waals surface area contributed by atoms with E-state index in [1.54, 1.807) is 0 Å². The van der Waals surface area contributed by atoms with Crippen LogP contribution in [0.4, 0.5) is 0 Å². The van der Waals surface area contributed by atoms with Gasteiger partial charge in [-0.25, -0.2) is 0 Å². The predicted octanol–water partition coefficient (Wildman–Crippen LogP) is 2.51. The van der Waals surface area contributed by atoms with Crippen molar-refractivity contribution >= 4 is 5.97 Å². The third-order valence-corrected chi connectivity index (χ3v) is 2.90. The molecule has 0 unspecified atom stereocenters. The molecule has 14 heavy (non-hydrogen) atoms. The van der Waals surface area contributed by atoms with Crippen molar-refractivity contribution in [3.05, 3.63) is 0 Å². The largest absolute Gasteiger partial charge is 0.367 e.